The summed E-state index contributed by atoms with van der Waals surface area (Å²) in [7, 11) is 6.44. The smallest absolute Gasteiger partial charge is 0.343 e. The molecule has 120 valence electrons. The van der Waals surface area contributed by atoms with Crippen molar-refractivity contribution in [1.82, 2.24) is 4.90 Å². The van der Waals surface area contributed by atoms with E-state index in [-0.39, 0.29) is 12.2 Å². The highest BCUT2D eigenvalue weighted by molar-refractivity contribution is 6.24. The second-order valence-electron chi connectivity index (χ2n) is 4.63. The molecule has 1 aromatic rings. The minimum absolute atomic E-state index is 0.0425. The van der Waals surface area contributed by atoms with Crippen molar-refractivity contribution in [3.05, 3.63) is 35.5 Å². The maximum Gasteiger partial charge on any atom is 0.343 e. The van der Waals surface area contributed by atoms with Crippen LogP contribution in [0.4, 0.5) is 0 Å². The van der Waals surface area contributed by atoms with Crippen LogP contribution in [0.15, 0.2) is 30.0 Å². The molecule has 6 heteroatoms. The predicted molar refractivity (Wildman–Crippen MR) is 82.3 cm³/mol. The van der Waals surface area contributed by atoms with E-state index in [0.717, 1.165) is 0 Å². The summed E-state index contributed by atoms with van der Waals surface area (Å²) < 4.78 is 15.2. The molecule has 0 aromatic heterocycles. The standard InChI is InChI=1S/C16H21NO5/c1-6-22-16(19)12(10-17(2)3)15(18)11-7-8-13(20-4)14(9-11)21-5/h7-10H,6H2,1-5H3. The Labute approximate surface area is 130 Å². The Morgan fingerprint density at radius 3 is 2.27 bits per heavy atom. The van der Waals surface area contributed by atoms with Gasteiger partial charge in [0.25, 0.3) is 0 Å². The molecule has 1 aromatic carbocycles. The third-order valence-electron chi connectivity index (χ3n) is 2.77. The van der Waals surface area contributed by atoms with Gasteiger partial charge in [0.05, 0.1) is 20.8 Å². The van der Waals surface area contributed by atoms with Crippen LogP contribution < -0.4 is 9.47 Å². The molecular formula is C16H21NO5. The lowest BCUT2D eigenvalue weighted by Gasteiger charge is -2.12. The van der Waals surface area contributed by atoms with Gasteiger partial charge in [-0.1, -0.05) is 0 Å². The summed E-state index contributed by atoms with van der Waals surface area (Å²) in [6, 6.07) is 4.72. The zero-order chi connectivity index (χ0) is 16.7. The third-order valence-corrected chi connectivity index (χ3v) is 2.77. The van der Waals surface area contributed by atoms with E-state index in [2.05, 4.69) is 0 Å². The second kappa shape index (κ2) is 8.07. The molecule has 6 nitrogen and oxygen atoms in total. The summed E-state index contributed by atoms with van der Waals surface area (Å²) in [6.45, 7) is 1.88. The number of ether oxygens (including phenoxy) is 3. The van der Waals surface area contributed by atoms with Crippen LogP contribution in [-0.2, 0) is 9.53 Å². The van der Waals surface area contributed by atoms with E-state index in [1.165, 1.54) is 26.5 Å². The maximum atomic E-state index is 12.6. The number of carbonyl (C=O) groups excluding carboxylic acids is 2. The molecule has 0 spiro atoms. The van der Waals surface area contributed by atoms with Crippen molar-refractivity contribution in [2.75, 3.05) is 34.9 Å². The number of esters is 1. The summed E-state index contributed by atoms with van der Waals surface area (Å²) in [4.78, 5) is 26.2. The van der Waals surface area contributed by atoms with Gasteiger partial charge in [-0.2, -0.15) is 0 Å². The van der Waals surface area contributed by atoms with Crippen LogP contribution in [0.25, 0.3) is 0 Å². The molecule has 0 saturated heterocycles. The topological polar surface area (TPSA) is 65.1 Å². The summed E-state index contributed by atoms with van der Waals surface area (Å²) in [5.41, 5.74) is 0.276. The first-order valence-electron chi connectivity index (χ1n) is 6.76. The number of ketones is 1. The fourth-order valence-electron chi connectivity index (χ4n) is 1.80. The molecule has 1 rings (SSSR count). The van der Waals surface area contributed by atoms with Crippen molar-refractivity contribution in [1.29, 1.82) is 0 Å². The first kappa shape index (κ1) is 17.6. The molecule has 0 aliphatic rings. The zero-order valence-corrected chi connectivity index (χ0v) is 13.5. The molecule has 0 amide bonds. The Bertz CT molecular complexity index is 578. The lowest BCUT2D eigenvalue weighted by molar-refractivity contribution is -0.138. The van der Waals surface area contributed by atoms with E-state index < -0.39 is 11.8 Å². The Balaban J connectivity index is 3.22. The summed E-state index contributed by atoms with van der Waals surface area (Å²) in [5, 5.41) is 0. The highest BCUT2D eigenvalue weighted by Crippen LogP contribution is 2.28. The minimum Gasteiger partial charge on any atom is -0.493 e. The van der Waals surface area contributed by atoms with E-state index in [1.54, 1.807) is 38.1 Å². The van der Waals surface area contributed by atoms with Gasteiger partial charge in [0.2, 0.25) is 5.78 Å². The Morgan fingerprint density at radius 1 is 1.14 bits per heavy atom. The zero-order valence-electron chi connectivity index (χ0n) is 13.5. The molecule has 0 aliphatic heterocycles. The SMILES string of the molecule is CCOC(=O)C(=CN(C)C)C(=O)c1ccc(OC)c(OC)c1. The van der Waals surface area contributed by atoms with Gasteiger partial charge in [0.1, 0.15) is 5.57 Å². The van der Waals surface area contributed by atoms with Gasteiger partial charge in [0.15, 0.2) is 11.5 Å². The van der Waals surface area contributed by atoms with Crippen LogP contribution in [0.1, 0.15) is 17.3 Å². The first-order chi connectivity index (χ1) is 10.4. The van der Waals surface area contributed by atoms with Crippen LogP contribution in [0.3, 0.4) is 0 Å². The molecular weight excluding hydrogens is 286 g/mol. The number of Topliss-reactive ketones (excluding diaryl/α,β-unsaturated/α-hetero) is 1. The van der Waals surface area contributed by atoms with Gasteiger partial charge in [-0.3, -0.25) is 4.79 Å². The highest BCUT2D eigenvalue weighted by atomic mass is 16.5. The number of carbonyl (C=O) groups is 2. The number of methoxy groups -OCH3 is 2. The van der Waals surface area contributed by atoms with E-state index >= 15 is 0 Å². The second-order valence-corrected chi connectivity index (χ2v) is 4.63. The summed E-state index contributed by atoms with van der Waals surface area (Å²) >= 11 is 0. The number of nitrogens with zero attached hydrogens (tertiary/aromatic N) is 1. The fourth-order valence-corrected chi connectivity index (χ4v) is 1.80. The van der Waals surface area contributed by atoms with Gasteiger partial charge in [-0.15, -0.1) is 0 Å². The average molecular weight is 307 g/mol. The van der Waals surface area contributed by atoms with Gasteiger partial charge >= 0.3 is 5.97 Å². The largest absolute Gasteiger partial charge is 0.493 e. The van der Waals surface area contributed by atoms with Crippen molar-refractivity contribution in [2.24, 2.45) is 0 Å². The van der Waals surface area contributed by atoms with Gasteiger partial charge < -0.3 is 19.1 Å². The van der Waals surface area contributed by atoms with Crippen molar-refractivity contribution < 1.29 is 23.8 Å². The van der Waals surface area contributed by atoms with Gasteiger partial charge in [-0.25, -0.2) is 4.79 Å². The lowest BCUT2D eigenvalue weighted by atomic mass is 10.0. The highest BCUT2D eigenvalue weighted by Gasteiger charge is 2.22. The molecule has 0 unspecified atom stereocenters. The quantitative estimate of drug-likeness (QED) is 0.252. The van der Waals surface area contributed by atoms with Crippen molar-refractivity contribution in [3.63, 3.8) is 0 Å². The van der Waals surface area contributed by atoms with Gasteiger partial charge in [-0.05, 0) is 25.1 Å². The predicted octanol–water partition coefficient (Wildman–Crippen LogP) is 1.90. The molecule has 0 fully saturated rings. The monoisotopic (exact) mass is 307 g/mol. The van der Waals surface area contributed by atoms with Crippen LogP contribution in [0.2, 0.25) is 0 Å². The van der Waals surface area contributed by atoms with E-state index in [0.29, 0.717) is 17.1 Å². The lowest BCUT2D eigenvalue weighted by Crippen LogP contribution is -2.19. The molecule has 0 radical (unpaired) electrons. The van der Waals surface area contributed by atoms with Crippen molar-refractivity contribution >= 4 is 11.8 Å². The molecule has 0 atom stereocenters. The number of rotatable bonds is 7. The first-order valence-corrected chi connectivity index (χ1v) is 6.76. The van der Waals surface area contributed by atoms with E-state index in [9.17, 15) is 9.59 Å². The van der Waals surface area contributed by atoms with Crippen LogP contribution in [-0.4, -0.2) is 51.6 Å². The Kier molecular flexibility index (Phi) is 6.44. The molecule has 0 aliphatic carbocycles. The molecule has 0 saturated carbocycles. The van der Waals surface area contributed by atoms with Crippen LogP contribution in [0.5, 0.6) is 11.5 Å². The molecule has 0 bridgehead atoms. The number of hydrogen-bond donors (Lipinski definition) is 0. The molecule has 0 N–H and O–H groups in total. The number of hydrogen-bond acceptors (Lipinski definition) is 6. The molecule has 0 heterocycles. The summed E-state index contributed by atoms with van der Waals surface area (Å²) in [5.74, 6) is -0.168. The van der Waals surface area contributed by atoms with E-state index in [1.807, 2.05) is 0 Å². The fraction of sp³-hybridized carbons (Fsp3) is 0.375. The minimum atomic E-state index is -0.656. The van der Waals surface area contributed by atoms with Crippen molar-refractivity contribution in [2.45, 2.75) is 6.92 Å². The van der Waals surface area contributed by atoms with E-state index in [4.69, 9.17) is 14.2 Å². The van der Waals surface area contributed by atoms with Crippen LogP contribution >= 0.6 is 0 Å². The average Bonchev–Trinajstić information content (AvgIpc) is 2.51. The normalized spacial score (nSPS) is 10.9. The van der Waals surface area contributed by atoms with Crippen LogP contribution in [0, 0.1) is 0 Å². The summed E-state index contributed by atoms with van der Waals surface area (Å²) in [6.07, 6.45) is 1.44. The maximum absolute atomic E-state index is 12.6. The number of benzene rings is 1. The van der Waals surface area contributed by atoms with Crippen molar-refractivity contribution in [3.8, 4) is 11.5 Å². The van der Waals surface area contributed by atoms with Gasteiger partial charge in [0, 0.05) is 25.9 Å². The third kappa shape index (κ3) is 4.25. The Hall–Kier alpha value is -2.50. The Morgan fingerprint density at radius 2 is 1.77 bits per heavy atom. The molecule has 22 heavy (non-hydrogen) atoms.